The number of hydrogen-bond acceptors (Lipinski definition) is 8. The van der Waals surface area contributed by atoms with E-state index >= 15 is 0 Å². The molecule has 0 aromatic heterocycles. The van der Waals surface area contributed by atoms with Crippen LogP contribution in [0.4, 0.5) is 5.69 Å². The van der Waals surface area contributed by atoms with Crippen molar-refractivity contribution < 1.29 is 32.3 Å². The maximum atomic E-state index is 12.9. The summed E-state index contributed by atoms with van der Waals surface area (Å²) in [7, 11) is -2.68. The van der Waals surface area contributed by atoms with Gasteiger partial charge in [-0.2, -0.15) is 4.31 Å². The summed E-state index contributed by atoms with van der Waals surface area (Å²) in [5.41, 5.74) is -1.80. The third-order valence-electron chi connectivity index (χ3n) is 4.31. The number of carbonyl (C=O) groups is 1. The molecule has 0 spiro atoms. The molecule has 0 bridgehead atoms. The van der Waals surface area contributed by atoms with Crippen LogP contribution in [0, 0.1) is 10.1 Å². The van der Waals surface area contributed by atoms with Gasteiger partial charge >= 0.3 is 5.97 Å². The van der Waals surface area contributed by atoms with Crippen molar-refractivity contribution in [1.29, 1.82) is 0 Å². The number of rotatable bonds is 8. The van der Waals surface area contributed by atoms with Crippen LogP contribution in [0.25, 0.3) is 0 Å². The Balaban J connectivity index is 2.24. The molecule has 10 nitrogen and oxygen atoms in total. The van der Waals surface area contributed by atoms with Crippen LogP contribution in [0.5, 0.6) is 0 Å². The van der Waals surface area contributed by atoms with E-state index < -0.39 is 32.2 Å². The summed E-state index contributed by atoms with van der Waals surface area (Å²) in [5.74, 6) is -0.579. The molecular weight excluding hydrogens is 380 g/mol. The zero-order chi connectivity index (χ0) is 20.1. The van der Waals surface area contributed by atoms with Crippen LogP contribution in [0.1, 0.15) is 19.8 Å². The molecule has 1 aromatic rings. The van der Waals surface area contributed by atoms with Gasteiger partial charge < -0.3 is 14.2 Å². The van der Waals surface area contributed by atoms with Crippen LogP contribution in [0.15, 0.2) is 29.2 Å². The summed E-state index contributed by atoms with van der Waals surface area (Å²) in [6, 6.07) is 5.16. The number of ether oxygens (including phenoxy) is 3. The number of benzene rings is 1. The van der Waals surface area contributed by atoms with Crippen LogP contribution < -0.4 is 0 Å². The van der Waals surface area contributed by atoms with Gasteiger partial charge in [-0.15, -0.1) is 0 Å². The first-order chi connectivity index (χ1) is 12.8. The van der Waals surface area contributed by atoms with E-state index in [2.05, 4.69) is 0 Å². The maximum Gasteiger partial charge on any atom is 0.338 e. The lowest BCUT2D eigenvalue weighted by Crippen LogP contribution is -2.53. The van der Waals surface area contributed by atoms with Crippen LogP contribution in [-0.2, 0) is 29.0 Å². The number of hydrogen-bond donors (Lipinski definition) is 0. The van der Waals surface area contributed by atoms with E-state index in [1.165, 1.54) is 25.3 Å². The largest absolute Gasteiger partial charge is 0.464 e. The first-order valence-corrected chi connectivity index (χ1v) is 9.76. The minimum atomic E-state index is -4.09. The Morgan fingerprint density at radius 2 is 1.93 bits per heavy atom. The quantitative estimate of drug-likeness (QED) is 0.276. The van der Waals surface area contributed by atoms with Crippen LogP contribution in [0.2, 0.25) is 0 Å². The topological polar surface area (TPSA) is 125 Å². The Morgan fingerprint density at radius 3 is 2.48 bits per heavy atom. The van der Waals surface area contributed by atoms with Crippen molar-refractivity contribution >= 4 is 21.7 Å². The van der Waals surface area contributed by atoms with Gasteiger partial charge in [-0.05, 0) is 13.0 Å². The second kappa shape index (κ2) is 8.74. The zero-order valence-corrected chi connectivity index (χ0v) is 15.9. The van der Waals surface area contributed by atoms with E-state index in [-0.39, 0.29) is 44.2 Å². The number of carbonyl (C=O) groups excluding carboxylic acids is 1. The van der Waals surface area contributed by atoms with Crippen LogP contribution in [0.3, 0.4) is 0 Å². The highest BCUT2D eigenvalue weighted by molar-refractivity contribution is 7.89. The molecule has 11 heteroatoms. The molecule has 0 atom stereocenters. The third kappa shape index (κ3) is 4.43. The third-order valence-corrected chi connectivity index (χ3v) is 6.26. The average molecular weight is 402 g/mol. The Kier molecular flexibility index (Phi) is 6.87. The lowest BCUT2D eigenvalue weighted by atomic mass is 9.92. The lowest BCUT2D eigenvalue weighted by molar-refractivity contribution is -0.387. The van der Waals surface area contributed by atoms with Crippen molar-refractivity contribution in [3.8, 4) is 0 Å². The van der Waals surface area contributed by atoms with Gasteiger partial charge in [-0.3, -0.25) is 10.1 Å². The van der Waals surface area contributed by atoms with Gasteiger partial charge in [0.15, 0.2) is 10.5 Å². The fraction of sp³-hybridized carbons (Fsp3) is 0.562. The Morgan fingerprint density at radius 1 is 1.30 bits per heavy atom. The highest BCUT2D eigenvalue weighted by atomic mass is 32.2. The number of sulfonamides is 1. The molecule has 1 heterocycles. The Hall–Kier alpha value is -2.08. The Labute approximate surface area is 157 Å². The summed E-state index contributed by atoms with van der Waals surface area (Å²) < 4.78 is 42.3. The van der Waals surface area contributed by atoms with Crippen molar-refractivity contribution in [2.75, 3.05) is 33.6 Å². The summed E-state index contributed by atoms with van der Waals surface area (Å²) in [5, 5.41) is 11.2. The van der Waals surface area contributed by atoms with Gasteiger partial charge in [-0.1, -0.05) is 12.1 Å². The normalized spacial score (nSPS) is 17.4. The molecule has 1 aliphatic rings. The Bertz CT molecular complexity index is 787. The highest BCUT2D eigenvalue weighted by Crippen LogP contribution is 2.33. The number of nitro groups is 1. The number of esters is 1. The SMILES string of the molecule is CCOC(=O)C1(OCOC)CCN(S(=O)(=O)c2ccccc2[N+](=O)[O-])CC1. The van der Waals surface area contributed by atoms with Gasteiger partial charge in [-0.25, -0.2) is 13.2 Å². The first kappa shape index (κ1) is 21.2. The molecule has 2 rings (SSSR count). The number of piperidine rings is 1. The van der Waals surface area contributed by atoms with Gasteiger partial charge in [0, 0.05) is 39.1 Å². The van der Waals surface area contributed by atoms with E-state index in [4.69, 9.17) is 14.2 Å². The van der Waals surface area contributed by atoms with Gasteiger partial charge in [0.25, 0.3) is 5.69 Å². The second-order valence-electron chi connectivity index (χ2n) is 5.89. The summed E-state index contributed by atoms with van der Waals surface area (Å²) in [6.45, 7) is 1.59. The number of nitrogens with zero attached hydrogens (tertiary/aromatic N) is 2. The van der Waals surface area contributed by atoms with E-state index in [1.807, 2.05) is 0 Å². The summed E-state index contributed by atoms with van der Waals surface area (Å²) >= 11 is 0. The van der Waals surface area contributed by atoms with E-state index in [0.29, 0.717) is 0 Å². The molecule has 150 valence electrons. The average Bonchev–Trinajstić information content (AvgIpc) is 2.66. The monoisotopic (exact) mass is 402 g/mol. The van der Waals surface area contributed by atoms with Crippen LogP contribution >= 0.6 is 0 Å². The predicted octanol–water partition coefficient (Wildman–Crippen LogP) is 1.30. The van der Waals surface area contributed by atoms with E-state index in [0.717, 1.165) is 10.4 Å². The molecule has 1 saturated heterocycles. The number of methoxy groups -OCH3 is 1. The lowest BCUT2D eigenvalue weighted by Gasteiger charge is -2.38. The molecule has 1 aromatic carbocycles. The molecule has 1 aliphatic heterocycles. The fourth-order valence-corrected chi connectivity index (χ4v) is 4.49. The first-order valence-electron chi connectivity index (χ1n) is 8.32. The number of nitro benzene ring substituents is 1. The highest BCUT2D eigenvalue weighted by Gasteiger charge is 2.47. The van der Waals surface area contributed by atoms with E-state index in [1.54, 1.807) is 6.92 Å². The van der Waals surface area contributed by atoms with Crippen molar-refractivity contribution in [1.82, 2.24) is 4.31 Å². The molecule has 0 aliphatic carbocycles. The zero-order valence-electron chi connectivity index (χ0n) is 15.1. The van der Waals surface area contributed by atoms with Gasteiger partial charge in [0.2, 0.25) is 10.0 Å². The molecule has 0 unspecified atom stereocenters. The van der Waals surface area contributed by atoms with Crippen molar-refractivity contribution in [3.63, 3.8) is 0 Å². The molecule has 0 radical (unpaired) electrons. The van der Waals surface area contributed by atoms with Crippen LogP contribution in [-0.4, -0.2) is 62.8 Å². The fourth-order valence-electron chi connectivity index (χ4n) is 2.89. The molecule has 0 amide bonds. The smallest absolute Gasteiger partial charge is 0.338 e. The molecule has 1 fully saturated rings. The standard InChI is InChI=1S/C16H22N2O8S/c1-3-25-15(19)16(26-12-24-2)8-10-17(11-9-16)27(22,23)14-7-5-4-6-13(14)18(20)21/h4-7H,3,8-12H2,1-2H3. The van der Waals surface area contributed by atoms with Crippen molar-refractivity contribution in [3.05, 3.63) is 34.4 Å². The molecular formula is C16H22N2O8S. The summed E-state index contributed by atoms with van der Waals surface area (Å²) in [6.07, 6.45) is 0.101. The molecule has 27 heavy (non-hydrogen) atoms. The van der Waals surface area contributed by atoms with E-state index in [9.17, 15) is 23.3 Å². The minimum Gasteiger partial charge on any atom is -0.464 e. The predicted molar refractivity (Wildman–Crippen MR) is 93.4 cm³/mol. The van der Waals surface area contributed by atoms with Gasteiger partial charge in [0.1, 0.15) is 6.79 Å². The molecule has 0 N–H and O–H groups in total. The minimum absolute atomic E-state index is 0.0447. The maximum absolute atomic E-state index is 12.9. The number of para-hydroxylation sites is 1. The summed E-state index contributed by atoms with van der Waals surface area (Å²) in [4.78, 5) is 22.4. The van der Waals surface area contributed by atoms with Gasteiger partial charge in [0.05, 0.1) is 11.5 Å². The van der Waals surface area contributed by atoms with Crippen molar-refractivity contribution in [2.45, 2.75) is 30.3 Å². The molecule has 0 saturated carbocycles. The van der Waals surface area contributed by atoms with Crippen molar-refractivity contribution in [2.24, 2.45) is 0 Å². The second-order valence-corrected chi connectivity index (χ2v) is 7.80.